The van der Waals surface area contributed by atoms with Crippen molar-refractivity contribution in [3.63, 3.8) is 0 Å². The topological polar surface area (TPSA) is 29.1 Å². The van der Waals surface area contributed by atoms with Crippen molar-refractivity contribution >= 4 is 6.41 Å². The molecule has 13 heavy (non-hydrogen) atoms. The molecule has 1 N–H and O–H groups in total. The lowest BCUT2D eigenvalue weighted by molar-refractivity contribution is -0.159. The number of nitrogens with one attached hydrogen (secondary N) is 1. The molecule has 0 aliphatic heterocycles. The van der Waals surface area contributed by atoms with E-state index in [-0.39, 0.29) is 0 Å². The third-order valence-corrected chi connectivity index (χ3v) is 4.84. The van der Waals surface area contributed by atoms with E-state index in [4.69, 9.17) is 0 Å². The molecule has 74 valence electrons. The van der Waals surface area contributed by atoms with Crippen molar-refractivity contribution in [2.75, 3.05) is 0 Å². The second-order valence-corrected chi connectivity index (χ2v) is 5.60. The van der Waals surface area contributed by atoms with Gasteiger partial charge in [-0.1, -0.05) is 20.8 Å². The van der Waals surface area contributed by atoms with Crippen LogP contribution >= 0.6 is 0 Å². The first-order valence-corrected chi connectivity index (χ1v) is 5.19. The van der Waals surface area contributed by atoms with E-state index in [1.165, 1.54) is 12.8 Å². The standard InChI is InChI=1S/C11H19NO/c1-10(2)8-4-9(12-7-13)6-11(10,3)5-8/h7-9H,4-6H2,1-3H3,(H,12,13)/t8-,9-,11-/m0/s1. The number of carbonyl (C=O) groups is 1. The van der Waals surface area contributed by atoms with Gasteiger partial charge >= 0.3 is 0 Å². The van der Waals surface area contributed by atoms with Crippen molar-refractivity contribution in [1.29, 1.82) is 0 Å². The van der Waals surface area contributed by atoms with Gasteiger partial charge in [0, 0.05) is 6.04 Å². The van der Waals surface area contributed by atoms with Crippen LogP contribution in [0.2, 0.25) is 0 Å². The second-order valence-electron chi connectivity index (χ2n) is 5.60. The Hall–Kier alpha value is -0.530. The Morgan fingerprint density at radius 1 is 1.31 bits per heavy atom. The fraction of sp³-hybridized carbons (Fsp3) is 0.909. The number of hydrogen-bond donors (Lipinski definition) is 1. The Kier molecular flexibility index (Phi) is 1.73. The third-order valence-electron chi connectivity index (χ3n) is 4.84. The fourth-order valence-electron chi connectivity index (χ4n) is 3.34. The van der Waals surface area contributed by atoms with E-state index >= 15 is 0 Å². The van der Waals surface area contributed by atoms with Crippen LogP contribution in [0.1, 0.15) is 40.0 Å². The van der Waals surface area contributed by atoms with Crippen LogP contribution in [0.25, 0.3) is 0 Å². The number of fused-ring (bicyclic) bond motifs is 2. The van der Waals surface area contributed by atoms with Crippen molar-refractivity contribution in [2.24, 2.45) is 16.7 Å². The van der Waals surface area contributed by atoms with Crippen LogP contribution in [0.4, 0.5) is 0 Å². The molecule has 3 aliphatic rings. The summed E-state index contributed by atoms with van der Waals surface area (Å²) < 4.78 is 0. The lowest BCUT2D eigenvalue weighted by Gasteiger charge is -2.66. The van der Waals surface area contributed by atoms with Crippen LogP contribution in [0.3, 0.4) is 0 Å². The second kappa shape index (κ2) is 2.49. The summed E-state index contributed by atoms with van der Waals surface area (Å²) in [7, 11) is 0. The smallest absolute Gasteiger partial charge is 0.207 e. The largest absolute Gasteiger partial charge is 0.356 e. The molecular weight excluding hydrogens is 162 g/mol. The minimum absolute atomic E-state index is 0.439. The molecule has 3 fully saturated rings. The average Bonchev–Trinajstić information content (AvgIpc) is 2.04. The zero-order valence-corrected chi connectivity index (χ0v) is 8.76. The Balaban J connectivity index is 2.08. The summed E-state index contributed by atoms with van der Waals surface area (Å²) in [6.45, 7) is 7.11. The molecule has 2 heteroatoms. The summed E-state index contributed by atoms with van der Waals surface area (Å²) >= 11 is 0. The van der Waals surface area contributed by atoms with Gasteiger partial charge < -0.3 is 5.32 Å². The molecule has 0 saturated heterocycles. The Morgan fingerprint density at radius 3 is 2.46 bits per heavy atom. The van der Waals surface area contributed by atoms with Crippen molar-refractivity contribution in [3.8, 4) is 0 Å². The van der Waals surface area contributed by atoms with Crippen LogP contribution in [-0.4, -0.2) is 12.5 Å². The summed E-state index contributed by atoms with van der Waals surface area (Å²) in [6.07, 6.45) is 4.55. The molecule has 0 aromatic carbocycles. The van der Waals surface area contributed by atoms with Crippen LogP contribution in [0.15, 0.2) is 0 Å². The highest BCUT2D eigenvalue weighted by atomic mass is 16.1. The highest BCUT2D eigenvalue weighted by Gasteiger charge is 2.60. The third kappa shape index (κ3) is 1.04. The summed E-state index contributed by atoms with van der Waals surface area (Å²) in [5.74, 6) is 0.823. The van der Waals surface area contributed by atoms with Gasteiger partial charge in [0.25, 0.3) is 0 Å². The van der Waals surface area contributed by atoms with E-state index in [2.05, 4.69) is 26.1 Å². The number of hydrogen-bond acceptors (Lipinski definition) is 1. The normalized spacial score (nSPS) is 46.4. The van der Waals surface area contributed by atoms with E-state index in [9.17, 15) is 4.79 Å². The summed E-state index contributed by atoms with van der Waals surface area (Å²) in [6, 6.07) is 0.439. The van der Waals surface area contributed by atoms with Gasteiger partial charge in [-0.25, -0.2) is 0 Å². The molecule has 1 amide bonds. The first kappa shape index (κ1) is 9.04. The predicted molar refractivity (Wildman–Crippen MR) is 52.2 cm³/mol. The zero-order chi connectivity index (χ0) is 9.69. The number of amides is 1. The maximum Gasteiger partial charge on any atom is 0.207 e. The average molecular weight is 181 g/mol. The molecule has 0 radical (unpaired) electrons. The first-order chi connectivity index (χ1) is 5.99. The molecule has 0 unspecified atom stereocenters. The molecule has 0 spiro atoms. The number of carbonyl (C=O) groups excluding carboxylic acids is 1. The highest BCUT2D eigenvalue weighted by molar-refractivity contribution is 5.47. The summed E-state index contributed by atoms with van der Waals surface area (Å²) in [4.78, 5) is 10.3. The lowest BCUT2D eigenvalue weighted by Crippen LogP contribution is -2.61. The molecule has 0 aromatic heterocycles. The van der Waals surface area contributed by atoms with Crippen molar-refractivity contribution in [1.82, 2.24) is 5.32 Å². The van der Waals surface area contributed by atoms with Gasteiger partial charge in [-0.15, -0.1) is 0 Å². The summed E-state index contributed by atoms with van der Waals surface area (Å²) in [5.41, 5.74) is 0.963. The van der Waals surface area contributed by atoms with Crippen molar-refractivity contribution < 1.29 is 4.79 Å². The minimum Gasteiger partial charge on any atom is -0.356 e. The van der Waals surface area contributed by atoms with Crippen LogP contribution < -0.4 is 5.32 Å². The molecule has 3 atom stereocenters. The fourth-order valence-corrected chi connectivity index (χ4v) is 3.34. The van der Waals surface area contributed by atoms with Gasteiger partial charge in [-0.05, 0) is 36.0 Å². The van der Waals surface area contributed by atoms with Crippen molar-refractivity contribution in [3.05, 3.63) is 0 Å². The van der Waals surface area contributed by atoms with Gasteiger partial charge in [-0.3, -0.25) is 4.79 Å². The SMILES string of the molecule is CC1(C)[C@H]2C[C@H](NC=O)C[C@]1(C)C2. The molecule has 0 aromatic rings. The molecule has 3 rings (SSSR count). The van der Waals surface area contributed by atoms with Crippen LogP contribution in [0.5, 0.6) is 0 Å². The molecule has 3 saturated carbocycles. The van der Waals surface area contributed by atoms with E-state index < -0.39 is 0 Å². The quantitative estimate of drug-likeness (QED) is 0.648. The van der Waals surface area contributed by atoms with Gasteiger partial charge in [0.05, 0.1) is 0 Å². The number of rotatable bonds is 2. The van der Waals surface area contributed by atoms with Crippen molar-refractivity contribution in [2.45, 2.75) is 46.1 Å². The van der Waals surface area contributed by atoms with Gasteiger partial charge in [0.15, 0.2) is 0 Å². The van der Waals surface area contributed by atoms with E-state index in [0.717, 1.165) is 18.7 Å². The summed E-state index contributed by atoms with van der Waals surface area (Å²) in [5, 5.41) is 2.93. The van der Waals surface area contributed by atoms with Crippen LogP contribution in [-0.2, 0) is 4.79 Å². The van der Waals surface area contributed by atoms with Gasteiger partial charge in [-0.2, -0.15) is 0 Å². The first-order valence-electron chi connectivity index (χ1n) is 5.19. The highest BCUT2D eigenvalue weighted by Crippen LogP contribution is 2.67. The van der Waals surface area contributed by atoms with E-state index in [1.807, 2.05) is 0 Å². The van der Waals surface area contributed by atoms with Gasteiger partial charge in [0.1, 0.15) is 0 Å². The van der Waals surface area contributed by atoms with Crippen LogP contribution in [0, 0.1) is 16.7 Å². The van der Waals surface area contributed by atoms with E-state index in [1.54, 1.807) is 0 Å². The molecule has 0 heterocycles. The maximum absolute atomic E-state index is 10.3. The van der Waals surface area contributed by atoms with E-state index in [0.29, 0.717) is 16.9 Å². The Bertz CT molecular complexity index is 236. The minimum atomic E-state index is 0.439. The monoisotopic (exact) mass is 181 g/mol. The predicted octanol–water partition coefficient (Wildman–Crippen LogP) is 1.95. The Morgan fingerprint density at radius 2 is 2.00 bits per heavy atom. The molecular formula is C11H19NO. The molecule has 3 aliphatic carbocycles. The molecule has 2 bridgehead atoms. The lowest BCUT2D eigenvalue weighted by atomic mass is 9.40. The maximum atomic E-state index is 10.3. The molecule has 2 nitrogen and oxygen atoms in total. The van der Waals surface area contributed by atoms with Gasteiger partial charge in [0.2, 0.25) is 6.41 Å². The Labute approximate surface area is 80.1 Å². The zero-order valence-electron chi connectivity index (χ0n) is 8.76.